The van der Waals surface area contributed by atoms with Crippen molar-refractivity contribution in [2.45, 2.75) is 57.2 Å². The van der Waals surface area contributed by atoms with E-state index in [1.807, 2.05) is 6.92 Å². The maximum atomic E-state index is 5.14. The second-order valence-electron chi connectivity index (χ2n) is 4.99. The van der Waals surface area contributed by atoms with Gasteiger partial charge in [0.1, 0.15) is 0 Å². The predicted octanol–water partition coefficient (Wildman–Crippen LogP) is 3.09. The van der Waals surface area contributed by atoms with Gasteiger partial charge >= 0.3 is 0 Å². The van der Waals surface area contributed by atoms with E-state index in [2.05, 4.69) is 34.1 Å². The lowest BCUT2D eigenvalue weighted by Gasteiger charge is -2.21. The Kier molecular flexibility index (Phi) is 5.50. The third-order valence-corrected chi connectivity index (χ3v) is 4.75. The molecular formula is C13H23N3OS. The zero-order valence-electron chi connectivity index (χ0n) is 11.3. The number of hydrogen-bond donors (Lipinski definition) is 1. The third kappa shape index (κ3) is 4.28. The van der Waals surface area contributed by atoms with Crippen LogP contribution in [0.25, 0.3) is 0 Å². The number of aryl methyl sites for hydroxylation is 1. The SMILES string of the molecule is Cc1noc(C(C)NCCSC2CCCCC2)n1. The molecular weight excluding hydrogens is 246 g/mol. The van der Waals surface area contributed by atoms with Crippen LogP contribution in [-0.4, -0.2) is 27.7 Å². The number of thioether (sulfide) groups is 1. The quantitative estimate of drug-likeness (QED) is 0.804. The van der Waals surface area contributed by atoms with Gasteiger partial charge in [0.05, 0.1) is 6.04 Å². The number of rotatable bonds is 6. The molecule has 2 rings (SSSR count). The van der Waals surface area contributed by atoms with Crippen LogP contribution in [0, 0.1) is 6.92 Å². The number of hydrogen-bond acceptors (Lipinski definition) is 5. The first-order chi connectivity index (χ1) is 8.75. The first-order valence-electron chi connectivity index (χ1n) is 6.91. The van der Waals surface area contributed by atoms with Crippen molar-refractivity contribution in [2.24, 2.45) is 0 Å². The molecule has 1 atom stereocenters. The van der Waals surface area contributed by atoms with Gasteiger partial charge in [0, 0.05) is 17.5 Å². The van der Waals surface area contributed by atoms with Gasteiger partial charge in [0.15, 0.2) is 5.82 Å². The summed E-state index contributed by atoms with van der Waals surface area (Å²) in [6, 6.07) is 0.151. The van der Waals surface area contributed by atoms with E-state index in [4.69, 9.17) is 4.52 Å². The molecule has 1 unspecified atom stereocenters. The molecule has 1 N–H and O–H groups in total. The summed E-state index contributed by atoms with van der Waals surface area (Å²) in [6.45, 7) is 4.92. The molecule has 1 aromatic heterocycles. The monoisotopic (exact) mass is 269 g/mol. The van der Waals surface area contributed by atoms with Crippen molar-refractivity contribution in [1.82, 2.24) is 15.5 Å². The van der Waals surface area contributed by atoms with Gasteiger partial charge in [-0.05, 0) is 26.7 Å². The van der Waals surface area contributed by atoms with Crippen molar-refractivity contribution >= 4 is 11.8 Å². The Labute approximate surface area is 113 Å². The summed E-state index contributed by atoms with van der Waals surface area (Å²) in [4.78, 5) is 4.23. The fourth-order valence-electron chi connectivity index (χ4n) is 2.31. The van der Waals surface area contributed by atoms with Crippen molar-refractivity contribution in [3.05, 3.63) is 11.7 Å². The van der Waals surface area contributed by atoms with Crippen LogP contribution in [0.2, 0.25) is 0 Å². The summed E-state index contributed by atoms with van der Waals surface area (Å²) in [6.07, 6.45) is 7.08. The molecule has 0 saturated heterocycles. The first-order valence-corrected chi connectivity index (χ1v) is 7.96. The molecule has 1 aromatic rings. The fraction of sp³-hybridized carbons (Fsp3) is 0.846. The highest BCUT2D eigenvalue weighted by molar-refractivity contribution is 7.99. The van der Waals surface area contributed by atoms with Gasteiger partial charge in [0.2, 0.25) is 5.89 Å². The van der Waals surface area contributed by atoms with E-state index in [9.17, 15) is 0 Å². The van der Waals surface area contributed by atoms with E-state index in [1.54, 1.807) is 0 Å². The minimum absolute atomic E-state index is 0.151. The Balaban J connectivity index is 1.60. The number of aromatic nitrogens is 2. The molecule has 0 amide bonds. The predicted molar refractivity (Wildman–Crippen MR) is 74.8 cm³/mol. The van der Waals surface area contributed by atoms with E-state index in [1.165, 1.54) is 37.9 Å². The second-order valence-corrected chi connectivity index (χ2v) is 6.39. The summed E-state index contributed by atoms with van der Waals surface area (Å²) >= 11 is 2.11. The largest absolute Gasteiger partial charge is 0.338 e. The minimum Gasteiger partial charge on any atom is -0.338 e. The van der Waals surface area contributed by atoms with Crippen LogP contribution in [0.4, 0.5) is 0 Å². The summed E-state index contributed by atoms with van der Waals surface area (Å²) in [5, 5.41) is 8.13. The van der Waals surface area contributed by atoms with E-state index in [0.717, 1.165) is 11.8 Å². The Hall–Kier alpha value is -0.550. The molecule has 1 fully saturated rings. The van der Waals surface area contributed by atoms with Gasteiger partial charge in [-0.1, -0.05) is 24.4 Å². The topological polar surface area (TPSA) is 51.0 Å². The Morgan fingerprint density at radius 2 is 2.17 bits per heavy atom. The molecule has 1 saturated carbocycles. The molecule has 0 bridgehead atoms. The molecule has 4 nitrogen and oxygen atoms in total. The van der Waals surface area contributed by atoms with E-state index >= 15 is 0 Å². The molecule has 18 heavy (non-hydrogen) atoms. The van der Waals surface area contributed by atoms with Crippen molar-refractivity contribution in [3.63, 3.8) is 0 Å². The lowest BCUT2D eigenvalue weighted by atomic mass is 10.0. The smallest absolute Gasteiger partial charge is 0.243 e. The minimum atomic E-state index is 0.151. The molecule has 0 aliphatic heterocycles. The van der Waals surface area contributed by atoms with Crippen LogP contribution in [0.1, 0.15) is 56.8 Å². The fourth-order valence-corrected chi connectivity index (χ4v) is 3.54. The Morgan fingerprint density at radius 1 is 1.39 bits per heavy atom. The molecule has 1 aliphatic rings. The molecule has 0 aromatic carbocycles. The zero-order chi connectivity index (χ0) is 12.8. The van der Waals surface area contributed by atoms with Crippen molar-refractivity contribution in [2.75, 3.05) is 12.3 Å². The van der Waals surface area contributed by atoms with Gasteiger partial charge in [-0.25, -0.2) is 0 Å². The van der Waals surface area contributed by atoms with Gasteiger partial charge in [-0.3, -0.25) is 0 Å². The Bertz CT molecular complexity index is 350. The van der Waals surface area contributed by atoms with Crippen LogP contribution in [0.3, 0.4) is 0 Å². The molecule has 1 heterocycles. The number of nitrogens with one attached hydrogen (secondary N) is 1. The van der Waals surface area contributed by atoms with Crippen LogP contribution in [0.5, 0.6) is 0 Å². The molecule has 1 aliphatic carbocycles. The van der Waals surface area contributed by atoms with Crippen LogP contribution < -0.4 is 5.32 Å². The summed E-state index contributed by atoms with van der Waals surface area (Å²) in [5.41, 5.74) is 0. The van der Waals surface area contributed by atoms with Crippen molar-refractivity contribution < 1.29 is 4.52 Å². The molecule has 0 spiro atoms. The molecule has 0 radical (unpaired) electrons. The summed E-state index contributed by atoms with van der Waals surface area (Å²) in [5.74, 6) is 2.56. The van der Waals surface area contributed by atoms with Gasteiger partial charge in [-0.2, -0.15) is 16.7 Å². The van der Waals surface area contributed by atoms with E-state index in [0.29, 0.717) is 11.7 Å². The third-order valence-electron chi connectivity index (χ3n) is 3.37. The highest BCUT2D eigenvalue weighted by Gasteiger charge is 2.14. The lowest BCUT2D eigenvalue weighted by Crippen LogP contribution is -2.22. The van der Waals surface area contributed by atoms with E-state index in [-0.39, 0.29) is 6.04 Å². The maximum Gasteiger partial charge on any atom is 0.243 e. The van der Waals surface area contributed by atoms with Gasteiger partial charge in [-0.15, -0.1) is 0 Å². The first kappa shape index (κ1) is 13.9. The zero-order valence-corrected chi connectivity index (χ0v) is 12.1. The normalized spacial score (nSPS) is 19.0. The maximum absolute atomic E-state index is 5.14. The van der Waals surface area contributed by atoms with Crippen LogP contribution >= 0.6 is 11.8 Å². The lowest BCUT2D eigenvalue weighted by molar-refractivity contribution is 0.340. The summed E-state index contributed by atoms with van der Waals surface area (Å²) < 4.78 is 5.14. The average Bonchev–Trinajstić information content (AvgIpc) is 2.82. The number of nitrogens with zero attached hydrogens (tertiary/aromatic N) is 2. The highest BCUT2D eigenvalue weighted by atomic mass is 32.2. The average molecular weight is 269 g/mol. The van der Waals surface area contributed by atoms with Crippen LogP contribution in [0.15, 0.2) is 4.52 Å². The highest BCUT2D eigenvalue weighted by Crippen LogP contribution is 2.27. The summed E-state index contributed by atoms with van der Waals surface area (Å²) in [7, 11) is 0. The van der Waals surface area contributed by atoms with E-state index < -0.39 is 0 Å². The second kappa shape index (κ2) is 7.14. The van der Waals surface area contributed by atoms with Crippen molar-refractivity contribution in [3.8, 4) is 0 Å². The van der Waals surface area contributed by atoms with Gasteiger partial charge < -0.3 is 9.84 Å². The molecule has 5 heteroatoms. The Morgan fingerprint density at radius 3 is 2.83 bits per heavy atom. The molecule has 102 valence electrons. The van der Waals surface area contributed by atoms with Crippen molar-refractivity contribution in [1.29, 1.82) is 0 Å². The van der Waals surface area contributed by atoms with Crippen LogP contribution in [-0.2, 0) is 0 Å². The standard InChI is InChI=1S/C13H23N3OS/c1-10(13-15-11(2)16-17-13)14-8-9-18-12-6-4-3-5-7-12/h10,12,14H,3-9H2,1-2H3. The van der Waals surface area contributed by atoms with Gasteiger partial charge in [0.25, 0.3) is 0 Å².